The van der Waals surface area contributed by atoms with E-state index >= 15 is 0 Å². The number of para-hydroxylation sites is 1. The van der Waals surface area contributed by atoms with Crippen LogP contribution in [0.25, 0.3) is 11.1 Å². The zero-order valence-corrected chi connectivity index (χ0v) is 12.3. The molecule has 4 heteroatoms. The predicted octanol–water partition coefficient (Wildman–Crippen LogP) is 4.79. The van der Waals surface area contributed by atoms with Crippen LogP contribution < -0.4 is 10.5 Å². The van der Waals surface area contributed by atoms with E-state index in [4.69, 9.17) is 10.5 Å². The third-order valence-electron chi connectivity index (χ3n) is 3.53. The molecule has 0 radical (unpaired) electrons. The Morgan fingerprint density at radius 1 is 0.739 bits per heavy atom. The van der Waals surface area contributed by atoms with Gasteiger partial charge in [0.25, 0.3) is 0 Å². The standard InChI is InChI=1S/C19H15F2NO/c20-18-15(10-11-16(22)19(18)21)14-8-4-5-9-17(14)23-12-13-6-2-1-3-7-13/h1-11H,12,22H2. The number of benzene rings is 3. The maximum Gasteiger partial charge on any atom is 0.182 e. The lowest BCUT2D eigenvalue weighted by Gasteiger charge is -2.13. The van der Waals surface area contributed by atoms with Crippen LogP contribution in [0.15, 0.2) is 66.7 Å². The minimum atomic E-state index is -1.04. The van der Waals surface area contributed by atoms with Crippen molar-refractivity contribution in [3.05, 3.63) is 83.9 Å². The molecule has 0 spiro atoms. The van der Waals surface area contributed by atoms with Crippen LogP contribution in [0, 0.1) is 11.6 Å². The molecule has 23 heavy (non-hydrogen) atoms. The van der Waals surface area contributed by atoms with Crippen LogP contribution in [-0.4, -0.2) is 0 Å². The van der Waals surface area contributed by atoms with E-state index in [1.165, 1.54) is 12.1 Å². The largest absolute Gasteiger partial charge is 0.488 e. The van der Waals surface area contributed by atoms with E-state index in [1.54, 1.807) is 24.3 Å². The predicted molar refractivity (Wildman–Crippen MR) is 87.0 cm³/mol. The summed E-state index contributed by atoms with van der Waals surface area (Å²) in [5, 5.41) is 0. The summed E-state index contributed by atoms with van der Waals surface area (Å²) in [6, 6.07) is 19.4. The second-order valence-corrected chi connectivity index (χ2v) is 5.10. The molecule has 0 unspecified atom stereocenters. The highest BCUT2D eigenvalue weighted by Crippen LogP contribution is 2.34. The van der Waals surface area contributed by atoms with Crippen LogP contribution in [-0.2, 0) is 6.61 Å². The van der Waals surface area contributed by atoms with E-state index < -0.39 is 11.6 Å². The summed E-state index contributed by atoms with van der Waals surface area (Å²) < 4.78 is 33.7. The van der Waals surface area contributed by atoms with Gasteiger partial charge < -0.3 is 10.5 Å². The van der Waals surface area contributed by atoms with Crippen molar-refractivity contribution in [2.24, 2.45) is 0 Å². The van der Waals surface area contributed by atoms with Gasteiger partial charge in [-0.1, -0.05) is 48.5 Å². The monoisotopic (exact) mass is 311 g/mol. The smallest absolute Gasteiger partial charge is 0.182 e. The fraction of sp³-hybridized carbons (Fsp3) is 0.0526. The van der Waals surface area contributed by atoms with E-state index in [1.807, 2.05) is 30.3 Å². The summed E-state index contributed by atoms with van der Waals surface area (Å²) in [4.78, 5) is 0. The highest BCUT2D eigenvalue weighted by atomic mass is 19.2. The molecular formula is C19H15F2NO. The van der Waals surface area contributed by atoms with Gasteiger partial charge >= 0.3 is 0 Å². The van der Waals surface area contributed by atoms with Crippen LogP contribution in [0.2, 0.25) is 0 Å². The molecule has 3 aromatic carbocycles. The molecule has 0 saturated heterocycles. The van der Waals surface area contributed by atoms with Gasteiger partial charge in [-0.05, 0) is 23.8 Å². The number of nitrogens with two attached hydrogens (primary N) is 1. The molecule has 0 bridgehead atoms. The minimum absolute atomic E-state index is 0.125. The van der Waals surface area contributed by atoms with Gasteiger partial charge in [-0.15, -0.1) is 0 Å². The second kappa shape index (κ2) is 6.48. The van der Waals surface area contributed by atoms with E-state index in [0.717, 1.165) is 5.56 Å². The average Bonchev–Trinajstić information content (AvgIpc) is 2.59. The first-order chi connectivity index (χ1) is 11.2. The first-order valence-corrected chi connectivity index (χ1v) is 7.16. The van der Waals surface area contributed by atoms with Crippen molar-refractivity contribution in [2.45, 2.75) is 6.61 Å². The van der Waals surface area contributed by atoms with Gasteiger partial charge in [0.15, 0.2) is 11.6 Å². The van der Waals surface area contributed by atoms with Crippen molar-refractivity contribution in [1.82, 2.24) is 0 Å². The highest BCUT2D eigenvalue weighted by molar-refractivity contribution is 5.72. The molecule has 3 aromatic rings. The Hall–Kier alpha value is -2.88. The molecule has 3 rings (SSSR count). The number of halogens is 2. The number of nitrogen functional groups attached to an aromatic ring is 1. The molecule has 0 aliphatic carbocycles. The van der Waals surface area contributed by atoms with Crippen LogP contribution in [0.5, 0.6) is 5.75 Å². The molecule has 2 nitrogen and oxygen atoms in total. The summed E-state index contributed by atoms with van der Waals surface area (Å²) in [6.07, 6.45) is 0. The first kappa shape index (κ1) is 15.0. The maximum absolute atomic E-state index is 14.2. The number of ether oxygens (including phenoxy) is 1. The Balaban J connectivity index is 1.94. The van der Waals surface area contributed by atoms with Crippen molar-refractivity contribution >= 4 is 5.69 Å². The lowest BCUT2D eigenvalue weighted by Crippen LogP contribution is -2.00. The van der Waals surface area contributed by atoms with Crippen molar-refractivity contribution in [3.8, 4) is 16.9 Å². The second-order valence-electron chi connectivity index (χ2n) is 5.10. The lowest BCUT2D eigenvalue weighted by molar-refractivity contribution is 0.307. The Morgan fingerprint density at radius 3 is 2.22 bits per heavy atom. The molecule has 0 fully saturated rings. The number of hydrogen-bond donors (Lipinski definition) is 1. The Morgan fingerprint density at radius 2 is 1.43 bits per heavy atom. The Kier molecular flexibility index (Phi) is 4.24. The summed E-state index contributed by atoms with van der Waals surface area (Å²) in [7, 11) is 0. The van der Waals surface area contributed by atoms with Crippen LogP contribution in [0.4, 0.5) is 14.5 Å². The van der Waals surface area contributed by atoms with Crippen molar-refractivity contribution in [1.29, 1.82) is 0 Å². The average molecular weight is 311 g/mol. The fourth-order valence-corrected chi connectivity index (χ4v) is 2.32. The van der Waals surface area contributed by atoms with Crippen molar-refractivity contribution in [3.63, 3.8) is 0 Å². The summed E-state index contributed by atoms with van der Waals surface area (Å²) in [5.74, 6) is -1.53. The Bertz CT molecular complexity index is 819. The normalized spacial score (nSPS) is 10.5. The summed E-state index contributed by atoms with van der Waals surface area (Å²) >= 11 is 0. The number of anilines is 1. The summed E-state index contributed by atoms with van der Waals surface area (Å²) in [6.45, 7) is 0.344. The zero-order chi connectivity index (χ0) is 16.2. The van der Waals surface area contributed by atoms with Crippen LogP contribution in [0.1, 0.15) is 5.56 Å². The molecule has 0 saturated carbocycles. The van der Waals surface area contributed by atoms with Crippen LogP contribution in [0.3, 0.4) is 0 Å². The van der Waals surface area contributed by atoms with Gasteiger partial charge in [0.05, 0.1) is 5.69 Å². The van der Waals surface area contributed by atoms with E-state index in [9.17, 15) is 8.78 Å². The SMILES string of the molecule is Nc1ccc(-c2ccccc2OCc2ccccc2)c(F)c1F. The first-order valence-electron chi connectivity index (χ1n) is 7.16. The lowest BCUT2D eigenvalue weighted by atomic mass is 10.0. The third kappa shape index (κ3) is 3.16. The maximum atomic E-state index is 14.2. The van der Waals surface area contributed by atoms with Crippen molar-refractivity contribution in [2.75, 3.05) is 5.73 Å². The van der Waals surface area contributed by atoms with Gasteiger partial charge in [-0.2, -0.15) is 0 Å². The summed E-state index contributed by atoms with van der Waals surface area (Å²) in [5.41, 5.74) is 6.78. The quantitative estimate of drug-likeness (QED) is 0.703. The van der Waals surface area contributed by atoms with Gasteiger partial charge in [0.1, 0.15) is 12.4 Å². The van der Waals surface area contributed by atoms with E-state index in [0.29, 0.717) is 17.9 Å². The van der Waals surface area contributed by atoms with Gasteiger partial charge in [-0.25, -0.2) is 8.78 Å². The molecule has 116 valence electrons. The van der Waals surface area contributed by atoms with Gasteiger partial charge in [-0.3, -0.25) is 0 Å². The highest BCUT2D eigenvalue weighted by Gasteiger charge is 2.16. The molecule has 0 amide bonds. The molecule has 0 heterocycles. The fourth-order valence-electron chi connectivity index (χ4n) is 2.32. The molecular weight excluding hydrogens is 296 g/mol. The van der Waals surface area contributed by atoms with E-state index in [2.05, 4.69) is 0 Å². The van der Waals surface area contributed by atoms with Gasteiger partial charge in [0, 0.05) is 11.1 Å². The molecule has 0 aliphatic heterocycles. The number of hydrogen-bond acceptors (Lipinski definition) is 2. The topological polar surface area (TPSA) is 35.2 Å². The molecule has 0 aromatic heterocycles. The third-order valence-corrected chi connectivity index (χ3v) is 3.53. The minimum Gasteiger partial charge on any atom is -0.488 e. The van der Waals surface area contributed by atoms with Gasteiger partial charge in [0.2, 0.25) is 0 Å². The zero-order valence-electron chi connectivity index (χ0n) is 12.3. The number of rotatable bonds is 4. The molecule has 2 N–H and O–H groups in total. The molecule has 0 aliphatic rings. The van der Waals surface area contributed by atoms with E-state index in [-0.39, 0.29) is 11.3 Å². The molecule has 0 atom stereocenters. The Labute approximate surface area is 133 Å². The van der Waals surface area contributed by atoms with Crippen molar-refractivity contribution < 1.29 is 13.5 Å². The van der Waals surface area contributed by atoms with Crippen LogP contribution >= 0.6 is 0 Å².